The minimum atomic E-state index is -0.972. The minimum Gasteiger partial charge on any atom is -0.478 e. The summed E-state index contributed by atoms with van der Waals surface area (Å²) in [7, 11) is 0. The normalized spacial score (nSPS) is 10.8. The molecule has 0 aliphatic rings. The largest absolute Gasteiger partial charge is 0.478 e. The standard InChI is InChI=1S/C16H15NO3/c1-12-8-9-17(15(18)10-12)11-14-4-2-13(3-5-14)6-7-16(19)20/h2-10H,11H2,1H3,(H,19,20). The molecule has 102 valence electrons. The van der Waals surface area contributed by atoms with Crippen molar-refractivity contribution < 1.29 is 9.90 Å². The molecule has 0 atom stereocenters. The molecule has 1 aromatic carbocycles. The van der Waals surface area contributed by atoms with Crippen LogP contribution in [0.3, 0.4) is 0 Å². The van der Waals surface area contributed by atoms with Crippen molar-refractivity contribution in [1.82, 2.24) is 4.57 Å². The third kappa shape index (κ3) is 3.68. The van der Waals surface area contributed by atoms with Crippen LogP contribution in [0.1, 0.15) is 16.7 Å². The van der Waals surface area contributed by atoms with E-state index >= 15 is 0 Å². The van der Waals surface area contributed by atoms with E-state index in [0.717, 1.165) is 22.8 Å². The predicted octanol–water partition coefficient (Wildman–Crippen LogP) is 2.30. The number of aromatic nitrogens is 1. The Bertz CT molecular complexity index is 696. The van der Waals surface area contributed by atoms with Gasteiger partial charge in [-0.25, -0.2) is 4.79 Å². The molecule has 1 heterocycles. The fourth-order valence-corrected chi connectivity index (χ4v) is 1.84. The molecule has 0 aliphatic carbocycles. The van der Waals surface area contributed by atoms with Crippen molar-refractivity contribution in [2.45, 2.75) is 13.5 Å². The molecule has 20 heavy (non-hydrogen) atoms. The Balaban J connectivity index is 2.14. The Kier molecular flexibility index (Phi) is 4.15. The number of pyridine rings is 1. The van der Waals surface area contributed by atoms with Crippen molar-refractivity contribution in [3.8, 4) is 0 Å². The predicted molar refractivity (Wildman–Crippen MR) is 77.7 cm³/mol. The Morgan fingerprint density at radius 3 is 2.55 bits per heavy atom. The molecule has 2 aromatic rings. The molecule has 0 bridgehead atoms. The molecular weight excluding hydrogens is 254 g/mol. The van der Waals surface area contributed by atoms with Gasteiger partial charge in [0.25, 0.3) is 5.56 Å². The first-order valence-electron chi connectivity index (χ1n) is 6.21. The molecule has 0 unspecified atom stereocenters. The lowest BCUT2D eigenvalue weighted by atomic mass is 10.1. The highest BCUT2D eigenvalue weighted by Crippen LogP contribution is 2.07. The first-order valence-corrected chi connectivity index (χ1v) is 6.21. The summed E-state index contributed by atoms with van der Waals surface area (Å²) in [6.45, 7) is 2.39. The number of nitrogens with zero attached hydrogens (tertiary/aromatic N) is 1. The highest BCUT2D eigenvalue weighted by atomic mass is 16.4. The Morgan fingerprint density at radius 1 is 1.25 bits per heavy atom. The number of aliphatic carboxylic acids is 1. The lowest BCUT2D eigenvalue weighted by Gasteiger charge is -2.06. The van der Waals surface area contributed by atoms with E-state index < -0.39 is 5.97 Å². The van der Waals surface area contributed by atoms with Gasteiger partial charge in [-0.2, -0.15) is 0 Å². The number of benzene rings is 1. The molecule has 1 N–H and O–H groups in total. The molecule has 0 spiro atoms. The molecule has 0 aliphatic heterocycles. The summed E-state index contributed by atoms with van der Waals surface area (Å²) in [4.78, 5) is 22.2. The number of rotatable bonds is 4. The van der Waals surface area contributed by atoms with Gasteiger partial charge in [0.15, 0.2) is 0 Å². The molecule has 0 fully saturated rings. The van der Waals surface area contributed by atoms with Crippen LogP contribution in [0.4, 0.5) is 0 Å². The fourth-order valence-electron chi connectivity index (χ4n) is 1.84. The van der Waals surface area contributed by atoms with Crippen LogP contribution in [-0.4, -0.2) is 15.6 Å². The van der Waals surface area contributed by atoms with Crippen LogP contribution in [0.25, 0.3) is 6.08 Å². The van der Waals surface area contributed by atoms with Crippen LogP contribution in [0, 0.1) is 6.92 Å². The molecule has 0 saturated heterocycles. The first kappa shape index (κ1) is 13.8. The molecule has 4 nitrogen and oxygen atoms in total. The van der Waals surface area contributed by atoms with E-state index in [-0.39, 0.29) is 5.56 Å². The van der Waals surface area contributed by atoms with E-state index in [9.17, 15) is 9.59 Å². The van der Waals surface area contributed by atoms with Gasteiger partial charge >= 0.3 is 5.97 Å². The molecule has 2 rings (SSSR count). The van der Waals surface area contributed by atoms with Gasteiger partial charge in [0, 0.05) is 18.3 Å². The summed E-state index contributed by atoms with van der Waals surface area (Å²) in [5.74, 6) is -0.972. The molecule has 0 saturated carbocycles. The van der Waals surface area contributed by atoms with Crippen molar-refractivity contribution in [3.63, 3.8) is 0 Å². The third-order valence-electron chi connectivity index (χ3n) is 2.90. The Hall–Kier alpha value is -2.62. The summed E-state index contributed by atoms with van der Waals surface area (Å²) in [6, 6.07) is 10.9. The van der Waals surface area contributed by atoms with Crippen molar-refractivity contribution in [1.29, 1.82) is 0 Å². The number of carboxylic acid groups (broad SMARTS) is 1. The van der Waals surface area contributed by atoms with E-state index in [4.69, 9.17) is 5.11 Å². The summed E-state index contributed by atoms with van der Waals surface area (Å²) < 4.78 is 1.63. The molecule has 1 aromatic heterocycles. The van der Waals surface area contributed by atoms with Gasteiger partial charge < -0.3 is 9.67 Å². The maximum absolute atomic E-state index is 11.8. The van der Waals surface area contributed by atoms with E-state index in [2.05, 4.69) is 0 Å². The van der Waals surface area contributed by atoms with Crippen LogP contribution < -0.4 is 5.56 Å². The smallest absolute Gasteiger partial charge is 0.328 e. The number of hydrogen-bond donors (Lipinski definition) is 1. The van der Waals surface area contributed by atoms with E-state index in [1.807, 2.05) is 37.3 Å². The maximum atomic E-state index is 11.8. The summed E-state index contributed by atoms with van der Waals surface area (Å²) in [5.41, 5.74) is 2.72. The first-order chi connectivity index (χ1) is 9.54. The van der Waals surface area contributed by atoms with Gasteiger partial charge in [-0.3, -0.25) is 4.79 Å². The zero-order chi connectivity index (χ0) is 14.5. The zero-order valence-electron chi connectivity index (χ0n) is 11.1. The summed E-state index contributed by atoms with van der Waals surface area (Å²) in [6.07, 6.45) is 4.40. The SMILES string of the molecule is Cc1ccn(Cc2ccc(C=CC(=O)O)cc2)c(=O)c1. The number of hydrogen-bond acceptors (Lipinski definition) is 2. The minimum absolute atomic E-state index is 0.0279. The lowest BCUT2D eigenvalue weighted by molar-refractivity contribution is -0.131. The topological polar surface area (TPSA) is 59.3 Å². The quantitative estimate of drug-likeness (QED) is 0.866. The highest BCUT2D eigenvalue weighted by molar-refractivity contribution is 5.85. The Morgan fingerprint density at radius 2 is 1.95 bits per heavy atom. The number of aryl methyl sites for hydroxylation is 1. The van der Waals surface area contributed by atoms with Crippen LogP contribution in [0.5, 0.6) is 0 Å². The van der Waals surface area contributed by atoms with Gasteiger partial charge in [-0.1, -0.05) is 24.3 Å². The molecular formula is C16H15NO3. The van der Waals surface area contributed by atoms with Crippen LogP contribution in [-0.2, 0) is 11.3 Å². The van der Waals surface area contributed by atoms with Crippen molar-refractivity contribution >= 4 is 12.0 Å². The van der Waals surface area contributed by atoms with E-state index in [1.165, 1.54) is 6.08 Å². The molecule has 0 amide bonds. The average molecular weight is 269 g/mol. The van der Waals surface area contributed by atoms with Crippen molar-refractivity contribution in [3.05, 3.63) is 75.7 Å². The van der Waals surface area contributed by atoms with Crippen molar-refractivity contribution in [2.24, 2.45) is 0 Å². The average Bonchev–Trinajstić information content (AvgIpc) is 2.41. The molecule has 0 radical (unpaired) electrons. The van der Waals surface area contributed by atoms with Gasteiger partial charge in [0.1, 0.15) is 0 Å². The summed E-state index contributed by atoms with van der Waals surface area (Å²) >= 11 is 0. The van der Waals surface area contributed by atoms with Gasteiger partial charge in [0.05, 0.1) is 6.54 Å². The number of carboxylic acids is 1. The van der Waals surface area contributed by atoms with E-state index in [1.54, 1.807) is 16.8 Å². The van der Waals surface area contributed by atoms with Crippen LogP contribution in [0.15, 0.2) is 53.5 Å². The molecule has 4 heteroatoms. The second-order valence-electron chi connectivity index (χ2n) is 4.58. The third-order valence-corrected chi connectivity index (χ3v) is 2.90. The van der Waals surface area contributed by atoms with Gasteiger partial charge in [0.2, 0.25) is 0 Å². The monoisotopic (exact) mass is 269 g/mol. The fraction of sp³-hybridized carbons (Fsp3) is 0.125. The van der Waals surface area contributed by atoms with E-state index in [0.29, 0.717) is 6.54 Å². The zero-order valence-corrected chi connectivity index (χ0v) is 11.1. The summed E-state index contributed by atoms with van der Waals surface area (Å²) in [5, 5.41) is 8.55. The lowest BCUT2D eigenvalue weighted by Crippen LogP contribution is -2.19. The highest BCUT2D eigenvalue weighted by Gasteiger charge is 1.98. The Labute approximate surface area is 116 Å². The van der Waals surface area contributed by atoms with Crippen LogP contribution >= 0.6 is 0 Å². The second kappa shape index (κ2) is 6.02. The van der Waals surface area contributed by atoms with Crippen molar-refractivity contribution in [2.75, 3.05) is 0 Å². The maximum Gasteiger partial charge on any atom is 0.328 e. The van der Waals surface area contributed by atoms with Gasteiger partial charge in [-0.15, -0.1) is 0 Å². The number of carbonyl (C=O) groups is 1. The second-order valence-corrected chi connectivity index (χ2v) is 4.58. The van der Waals surface area contributed by atoms with Gasteiger partial charge in [-0.05, 0) is 35.8 Å². The van der Waals surface area contributed by atoms with Crippen LogP contribution in [0.2, 0.25) is 0 Å².